The van der Waals surface area contributed by atoms with Crippen LogP contribution in [-0.4, -0.2) is 48.6 Å². The second-order valence-corrected chi connectivity index (χ2v) is 7.95. The number of hydrogen-bond donors (Lipinski definition) is 2. The summed E-state index contributed by atoms with van der Waals surface area (Å²) in [5.74, 6) is -0.0416. The van der Waals surface area contributed by atoms with Gasteiger partial charge < -0.3 is 15.0 Å². The molecule has 0 radical (unpaired) electrons. The molecular formula is C23H24FN3O4. The molecule has 2 fully saturated rings. The maximum absolute atomic E-state index is 13.7. The van der Waals surface area contributed by atoms with E-state index in [0.717, 1.165) is 18.6 Å². The largest absolute Gasteiger partial charge is 0.490 e. The minimum absolute atomic E-state index is 0.0584. The number of alkyl halides is 1. The Hall–Kier alpha value is -3.42. The van der Waals surface area contributed by atoms with Crippen LogP contribution < -0.4 is 15.4 Å². The van der Waals surface area contributed by atoms with Crippen LogP contribution in [0.4, 0.5) is 9.18 Å². The molecule has 4 rings (SSSR count). The van der Waals surface area contributed by atoms with Crippen molar-refractivity contribution in [3.63, 3.8) is 0 Å². The summed E-state index contributed by atoms with van der Waals surface area (Å²) in [6.45, 7) is 2.09. The van der Waals surface area contributed by atoms with E-state index < -0.39 is 24.2 Å². The van der Waals surface area contributed by atoms with Gasteiger partial charge in [0.05, 0.1) is 0 Å². The van der Waals surface area contributed by atoms with Crippen LogP contribution in [0.1, 0.15) is 34.3 Å². The number of nitrogens with zero attached hydrogens (tertiary/aromatic N) is 1. The zero-order valence-electron chi connectivity index (χ0n) is 17.2. The number of amides is 4. The van der Waals surface area contributed by atoms with Crippen molar-refractivity contribution in [3.05, 3.63) is 65.2 Å². The van der Waals surface area contributed by atoms with Crippen molar-refractivity contribution >= 4 is 17.8 Å². The molecule has 2 heterocycles. The number of ether oxygens (including phenoxy) is 1. The Morgan fingerprint density at radius 1 is 1.10 bits per heavy atom. The second kappa shape index (κ2) is 8.37. The van der Waals surface area contributed by atoms with Gasteiger partial charge in [-0.2, -0.15) is 0 Å². The zero-order chi connectivity index (χ0) is 22.0. The van der Waals surface area contributed by atoms with E-state index in [1.807, 2.05) is 31.2 Å². The average Bonchev–Trinajstić information content (AvgIpc) is 3.09. The first-order valence-electron chi connectivity index (χ1n) is 10.2. The third kappa shape index (κ3) is 4.10. The predicted molar refractivity (Wildman–Crippen MR) is 112 cm³/mol. The van der Waals surface area contributed by atoms with E-state index in [0.29, 0.717) is 24.2 Å². The second-order valence-electron chi connectivity index (χ2n) is 7.95. The topological polar surface area (TPSA) is 87.7 Å². The molecule has 8 heteroatoms. The smallest absolute Gasteiger partial charge is 0.322 e. The molecule has 2 aliphatic heterocycles. The van der Waals surface area contributed by atoms with Crippen LogP contribution in [0.5, 0.6) is 5.75 Å². The fraction of sp³-hybridized carbons (Fsp3) is 0.348. The van der Waals surface area contributed by atoms with E-state index in [1.165, 1.54) is 17.7 Å². The molecule has 0 spiro atoms. The van der Waals surface area contributed by atoms with E-state index in [9.17, 15) is 18.8 Å². The minimum atomic E-state index is -1.75. The fourth-order valence-corrected chi connectivity index (χ4v) is 3.93. The number of piperidine rings is 1. The Labute approximate surface area is 179 Å². The van der Waals surface area contributed by atoms with E-state index >= 15 is 0 Å². The molecule has 0 bridgehead atoms. The summed E-state index contributed by atoms with van der Waals surface area (Å²) in [5.41, 5.74) is 0.164. The van der Waals surface area contributed by atoms with Gasteiger partial charge in [-0.3, -0.25) is 14.9 Å². The lowest BCUT2D eigenvalue weighted by Crippen LogP contribution is -2.46. The molecule has 0 saturated carbocycles. The van der Waals surface area contributed by atoms with Gasteiger partial charge in [0.15, 0.2) is 5.54 Å². The molecule has 1 unspecified atom stereocenters. The summed E-state index contributed by atoms with van der Waals surface area (Å²) in [6.07, 6.45) is 1.52. The van der Waals surface area contributed by atoms with E-state index in [4.69, 9.17) is 4.74 Å². The third-order valence-electron chi connectivity index (χ3n) is 5.82. The Morgan fingerprint density at radius 3 is 2.29 bits per heavy atom. The van der Waals surface area contributed by atoms with Gasteiger partial charge in [-0.1, -0.05) is 29.8 Å². The van der Waals surface area contributed by atoms with Crippen molar-refractivity contribution in [2.24, 2.45) is 0 Å². The molecule has 162 valence electrons. The maximum atomic E-state index is 13.7. The summed E-state index contributed by atoms with van der Waals surface area (Å²) in [7, 11) is 0. The van der Waals surface area contributed by atoms with Gasteiger partial charge in [0, 0.05) is 31.5 Å². The summed E-state index contributed by atoms with van der Waals surface area (Å²) in [4.78, 5) is 38.1. The van der Waals surface area contributed by atoms with E-state index in [-0.39, 0.29) is 12.0 Å². The summed E-state index contributed by atoms with van der Waals surface area (Å²) in [5, 5.41) is 4.39. The van der Waals surface area contributed by atoms with Crippen LogP contribution in [0.3, 0.4) is 0 Å². The molecule has 2 aromatic carbocycles. The van der Waals surface area contributed by atoms with Crippen molar-refractivity contribution in [1.82, 2.24) is 15.5 Å². The lowest BCUT2D eigenvalue weighted by atomic mass is 9.90. The SMILES string of the molecule is Cc1ccc(OC2CCN(C(=O)c3ccc(C4(CF)NC(=O)NC4=O)cc3)CC2)cc1. The van der Waals surface area contributed by atoms with Gasteiger partial charge in [0.2, 0.25) is 0 Å². The first-order chi connectivity index (χ1) is 14.9. The van der Waals surface area contributed by atoms with Gasteiger partial charge in [0.1, 0.15) is 18.5 Å². The van der Waals surface area contributed by atoms with Crippen molar-refractivity contribution in [1.29, 1.82) is 0 Å². The number of carbonyl (C=O) groups is 3. The van der Waals surface area contributed by atoms with Crippen molar-refractivity contribution in [3.8, 4) is 5.75 Å². The lowest BCUT2D eigenvalue weighted by molar-refractivity contribution is -0.124. The van der Waals surface area contributed by atoms with Crippen molar-refractivity contribution < 1.29 is 23.5 Å². The molecule has 31 heavy (non-hydrogen) atoms. The highest BCUT2D eigenvalue weighted by molar-refractivity contribution is 6.07. The molecule has 0 aromatic heterocycles. The van der Waals surface area contributed by atoms with Crippen molar-refractivity contribution in [2.75, 3.05) is 19.8 Å². The normalized spacial score (nSPS) is 21.5. The Balaban J connectivity index is 1.37. The van der Waals surface area contributed by atoms with Crippen LogP contribution in [0.25, 0.3) is 0 Å². The Bertz CT molecular complexity index is 985. The number of likely N-dealkylation sites (tertiary alicyclic amines) is 1. The quantitative estimate of drug-likeness (QED) is 0.721. The molecule has 2 N–H and O–H groups in total. The number of aryl methyl sites for hydroxylation is 1. The minimum Gasteiger partial charge on any atom is -0.490 e. The van der Waals surface area contributed by atoms with Gasteiger partial charge in [0.25, 0.3) is 11.8 Å². The van der Waals surface area contributed by atoms with Crippen LogP contribution in [0.15, 0.2) is 48.5 Å². The van der Waals surface area contributed by atoms with Gasteiger partial charge in [-0.25, -0.2) is 9.18 Å². The molecule has 7 nitrogen and oxygen atoms in total. The standard InChI is InChI=1S/C23H24FN3O4/c1-15-2-8-18(9-3-15)31-19-10-12-27(13-11-19)20(28)16-4-6-17(7-5-16)23(14-24)21(29)25-22(30)26-23/h2-9,19H,10-14H2,1H3,(H2,25,26,29,30). The number of rotatable bonds is 5. The first kappa shape index (κ1) is 20.8. The summed E-state index contributed by atoms with van der Waals surface area (Å²) in [6, 6.07) is 13.3. The average molecular weight is 425 g/mol. The van der Waals surface area contributed by atoms with Crippen LogP contribution >= 0.6 is 0 Å². The highest BCUT2D eigenvalue weighted by Crippen LogP contribution is 2.27. The summed E-state index contributed by atoms with van der Waals surface area (Å²) >= 11 is 0. The van der Waals surface area contributed by atoms with E-state index in [2.05, 4.69) is 10.6 Å². The number of hydrogen-bond acceptors (Lipinski definition) is 4. The zero-order valence-corrected chi connectivity index (χ0v) is 17.2. The Morgan fingerprint density at radius 2 is 1.74 bits per heavy atom. The highest BCUT2D eigenvalue weighted by atomic mass is 19.1. The number of urea groups is 1. The van der Waals surface area contributed by atoms with Crippen LogP contribution in [-0.2, 0) is 10.3 Å². The summed E-state index contributed by atoms with van der Waals surface area (Å²) < 4.78 is 19.7. The van der Waals surface area contributed by atoms with Gasteiger partial charge in [-0.05, 0) is 36.8 Å². The van der Waals surface area contributed by atoms with Crippen LogP contribution in [0, 0.1) is 6.92 Å². The molecule has 1 atom stereocenters. The lowest BCUT2D eigenvalue weighted by Gasteiger charge is -2.32. The van der Waals surface area contributed by atoms with Crippen LogP contribution in [0.2, 0.25) is 0 Å². The number of carbonyl (C=O) groups excluding carboxylic acids is 3. The third-order valence-corrected chi connectivity index (χ3v) is 5.82. The van der Waals surface area contributed by atoms with E-state index in [1.54, 1.807) is 17.0 Å². The Kier molecular flexibility index (Phi) is 5.63. The molecule has 0 aliphatic carbocycles. The molecule has 2 saturated heterocycles. The fourth-order valence-electron chi connectivity index (χ4n) is 3.93. The molecule has 4 amide bonds. The molecule has 2 aliphatic rings. The number of imide groups is 1. The highest BCUT2D eigenvalue weighted by Gasteiger charge is 2.48. The predicted octanol–water partition coefficient (Wildman–Crippen LogP) is 2.68. The molecule has 2 aromatic rings. The first-order valence-corrected chi connectivity index (χ1v) is 10.2. The molecular weight excluding hydrogens is 401 g/mol. The van der Waals surface area contributed by atoms with Gasteiger partial charge >= 0.3 is 6.03 Å². The number of nitrogens with one attached hydrogen (secondary N) is 2. The number of halogens is 1. The monoisotopic (exact) mass is 425 g/mol. The number of benzene rings is 2. The van der Waals surface area contributed by atoms with Gasteiger partial charge in [-0.15, -0.1) is 0 Å². The van der Waals surface area contributed by atoms with Crippen molar-refractivity contribution in [2.45, 2.75) is 31.4 Å². The maximum Gasteiger partial charge on any atom is 0.322 e.